The van der Waals surface area contributed by atoms with Gasteiger partial charge in [0.15, 0.2) is 0 Å². The average molecular weight is 325 g/mol. The maximum absolute atomic E-state index is 12.1. The second-order valence-electron chi connectivity index (χ2n) is 5.07. The van der Waals surface area contributed by atoms with Gasteiger partial charge in [-0.15, -0.1) is 0 Å². The first-order valence-corrected chi connectivity index (χ1v) is 8.02. The lowest BCUT2D eigenvalue weighted by Gasteiger charge is -2.06. The number of nitrogens with one attached hydrogen (secondary N) is 1. The molecule has 0 bridgehead atoms. The topological polar surface area (TPSA) is 64.0 Å². The van der Waals surface area contributed by atoms with E-state index in [0.29, 0.717) is 17.8 Å². The highest BCUT2D eigenvalue weighted by Gasteiger charge is 2.07. The van der Waals surface area contributed by atoms with Crippen molar-refractivity contribution in [2.24, 2.45) is 7.05 Å². The number of carbonyl (C=O) groups excluding carboxylic acids is 1. The molecule has 1 amide bonds. The summed E-state index contributed by atoms with van der Waals surface area (Å²) in [7, 11) is 1.61. The summed E-state index contributed by atoms with van der Waals surface area (Å²) in [5.74, 6) is -0.115. The maximum atomic E-state index is 12.1. The zero-order valence-electron chi connectivity index (χ0n) is 12.5. The fraction of sp³-hybridized carbons (Fsp3) is 0.118. The molecule has 0 unspecified atom stereocenters. The highest BCUT2D eigenvalue weighted by molar-refractivity contribution is 7.07. The van der Waals surface area contributed by atoms with E-state index < -0.39 is 0 Å². The molecule has 1 aromatic carbocycles. The maximum Gasteiger partial charge on any atom is 0.266 e. The SMILES string of the molecule is Cn1nc(-c2ccc(C(=O)NCc3ccsc3)cc2)ccc1=O. The van der Waals surface area contributed by atoms with E-state index in [0.717, 1.165) is 11.1 Å². The minimum absolute atomic E-state index is 0.115. The zero-order chi connectivity index (χ0) is 16.2. The van der Waals surface area contributed by atoms with Crippen LogP contribution in [0.3, 0.4) is 0 Å². The molecule has 2 heterocycles. The Morgan fingerprint density at radius 1 is 1.17 bits per heavy atom. The summed E-state index contributed by atoms with van der Waals surface area (Å²) in [6, 6.07) is 12.3. The third-order valence-corrected chi connectivity index (χ3v) is 4.17. The van der Waals surface area contributed by atoms with E-state index in [1.165, 1.54) is 10.7 Å². The zero-order valence-corrected chi connectivity index (χ0v) is 13.3. The van der Waals surface area contributed by atoms with Gasteiger partial charge in [-0.1, -0.05) is 12.1 Å². The van der Waals surface area contributed by atoms with Crippen LogP contribution in [0, 0.1) is 0 Å². The predicted molar refractivity (Wildman–Crippen MR) is 90.4 cm³/mol. The number of hydrogen-bond acceptors (Lipinski definition) is 4. The standard InChI is InChI=1S/C17H15N3O2S/c1-20-16(21)7-6-15(19-20)13-2-4-14(5-3-13)17(22)18-10-12-8-9-23-11-12/h2-9,11H,10H2,1H3,(H,18,22). The van der Waals surface area contributed by atoms with Gasteiger partial charge in [0.2, 0.25) is 0 Å². The molecule has 0 radical (unpaired) electrons. The summed E-state index contributed by atoms with van der Waals surface area (Å²) in [6.07, 6.45) is 0. The molecule has 0 atom stereocenters. The highest BCUT2D eigenvalue weighted by Crippen LogP contribution is 2.16. The molecule has 3 rings (SSSR count). The van der Waals surface area contributed by atoms with Gasteiger partial charge >= 0.3 is 0 Å². The number of aromatic nitrogens is 2. The van der Waals surface area contributed by atoms with Crippen LogP contribution in [-0.4, -0.2) is 15.7 Å². The Bertz CT molecular complexity index is 868. The van der Waals surface area contributed by atoms with Crippen LogP contribution in [0.2, 0.25) is 0 Å². The Balaban J connectivity index is 1.72. The lowest BCUT2D eigenvalue weighted by atomic mass is 10.1. The van der Waals surface area contributed by atoms with Gasteiger partial charge in [-0.05, 0) is 40.6 Å². The Labute approximate surface area is 137 Å². The number of hydrogen-bond donors (Lipinski definition) is 1. The Hall–Kier alpha value is -2.73. The fourth-order valence-electron chi connectivity index (χ4n) is 2.13. The first kappa shape index (κ1) is 15.2. The van der Waals surface area contributed by atoms with Crippen molar-refractivity contribution in [2.75, 3.05) is 0 Å². The third kappa shape index (κ3) is 3.54. The molecule has 3 aromatic rings. The lowest BCUT2D eigenvalue weighted by molar-refractivity contribution is 0.0951. The van der Waals surface area contributed by atoms with Gasteiger partial charge < -0.3 is 5.32 Å². The van der Waals surface area contributed by atoms with Gasteiger partial charge in [-0.2, -0.15) is 16.4 Å². The third-order valence-electron chi connectivity index (χ3n) is 3.44. The molecule has 0 aliphatic rings. The summed E-state index contributed by atoms with van der Waals surface area (Å²) in [6.45, 7) is 0.520. The van der Waals surface area contributed by atoms with Crippen LogP contribution >= 0.6 is 11.3 Å². The number of amides is 1. The van der Waals surface area contributed by atoms with Crippen molar-refractivity contribution in [1.29, 1.82) is 0 Å². The second kappa shape index (κ2) is 6.58. The molecule has 0 aliphatic heterocycles. The molecule has 0 fully saturated rings. The van der Waals surface area contributed by atoms with Crippen LogP contribution in [0.15, 0.2) is 58.0 Å². The van der Waals surface area contributed by atoms with Crippen molar-refractivity contribution >= 4 is 17.2 Å². The van der Waals surface area contributed by atoms with Gasteiger partial charge in [-0.3, -0.25) is 9.59 Å². The van der Waals surface area contributed by atoms with Crippen molar-refractivity contribution in [3.05, 3.63) is 74.7 Å². The molecule has 0 saturated carbocycles. The number of nitrogens with zero attached hydrogens (tertiary/aromatic N) is 2. The summed E-state index contributed by atoms with van der Waals surface area (Å²) in [5.41, 5.74) is 3.08. The molecule has 0 saturated heterocycles. The molecule has 0 spiro atoms. The average Bonchev–Trinajstić information content (AvgIpc) is 3.09. The van der Waals surface area contributed by atoms with Crippen LogP contribution < -0.4 is 10.9 Å². The number of thiophene rings is 1. The largest absolute Gasteiger partial charge is 0.348 e. The molecular weight excluding hydrogens is 310 g/mol. The molecule has 5 nitrogen and oxygen atoms in total. The van der Waals surface area contributed by atoms with Crippen LogP contribution in [0.25, 0.3) is 11.3 Å². The van der Waals surface area contributed by atoms with Gasteiger partial charge in [0.05, 0.1) is 5.69 Å². The Morgan fingerprint density at radius 3 is 2.61 bits per heavy atom. The van der Waals surface area contributed by atoms with E-state index >= 15 is 0 Å². The van der Waals surface area contributed by atoms with E-state index in [2.05, 4.69) is 10.4 Å². The van der Waals surface area contributed by atoms with Crippen molar-refractivity contribution in [3.8, 4) is 11.3 Å². The van der Waals surface area contributed by atoms with Crippen LogP contribution in [0.4, 0.5) is 0 Å². The minimum Gasteiger partial charge on any atom is -0.348 e. The first-order chi connectivity index (χ1) is 11.1. The molecule has 116 valence electrons. The van der Waals surface area contributed by atoms with Crippen molar-refractivity contribution in [3.63, 3.8) is 0 Å². The van der Waals surface area contributed by atoms with Gasteiger partial charge in [-0.25, -0.2) is 4.68 Å². The van der Waals surface area contributed by atoms with E-state index in [1.54, 1.807) is 36.6 Å². The summed E-state index contributed by atoms with van der Waals surface area (Å²) >= 11 is 1.61. The lowest BCUT2D eigenvalue weighted by Crippen LogP contribution is -2.22. The monoisotopic (exact) mass is 325 g/mol. The molecule has 23 heavy (non-hydrogen) atoms. The van der Waals surface area contributed by atoms with Crippen LogP contribution in [0.5, 0.6) is 0 Å². The normalized spacial score (nSPS) is 10.5. The molecular formula is C17H15N3O2S. The Morgan fingerprint density at radius 2 is 1.96 bits per heavy atom. The predicted octanol–water partition coefficient (Wildman–Crippen LogP) is 2.44. The number of carbonyl (C=O) groups is 1. The van der Waals surface area contributed by atoms with Gasteiger partial charge in [0.25, 0.3) is 11.5 Å². The van der Waals surface area contributed by atoms with Gasteiger partial charge in [0, 0.05) is 30.8 Å². The van der Waals surface area contributed by atoms with Gasteiger partial charge in [0.1, 0.15) is 0 Å². The van der Waals surface area contributed by atoms with Crippen LogP contribution in [0.1, 0.15) is 15.9 Å². The van der Waals surface area contributed by atoms with E-state index in [1.807, 2.05) is 29.0 Å². The molecule has 0 aliphatic carbocycles. The fourth-order valence-corrected chi connectivity index (χ4v) is 2.79. The van der Waals surface area contributed by atoms with Crippen molar-refractivity contribution in [1.82, 2.24) is 15.1 Å². The molecule has 6 heteroatoms. The van der Waals surface area contributed by atoms with Crippen molar-refractivity contribution < 1.29 is 4.79 Å². The van der Waals surface area contributed by atoms with Crippen molar-refractivity contribution in [2.45, 2.75) is 6.54 Å². The number of aryl methyl sites for hydroxylation is 1. The summed E-state index contributed by atoms with van der Waals surface area (Å²) in [4.78, 5) is 23.5. The first-order valence-electron chi connectivity index (χ1n) is 7.07. The second-order valence-corrected chi connectivity index (χ2v) is 5.85. The quantitative estimate of drug-likeness (QED) is 0.801. The number of benzene rings is 1. The smallest absolute Gasteiger partial charge is 0.266 e. The summed E-state index contributed by atoms with van der Waals surface area (Å²) in [5, 5.41) is 11.1. The minimum atomic E-state index is -0.154. The number of rotatable bonds is 4. The van der Waals surface area contributed by atoms with E-state index in [9.17, 15) is 9.59 Å². The Kier molecular flexibility index (Phi) is 4.34. The molecule has 1 N–H and O–H groups in total. The van der Waals surface area contributed by atoms with Crippen LogP contribution in [-0.2, 0) is 13.6 Å². The van der Waals surface area contributed by atoms with E-state index in [-0.39, 0.29) is 11.5 Å². The van der Waals surface area contributed by atoms with E-state index in [4.69, 9.17) is 0 Å². The highest BCUT2D eigenvalue weighted by atomic mass is 32.1. The molecule has 2 aromatic heterocycles. The summed E-state index contributed by atoms with van der Waals surface area (Å²) < 4.78 is 1.29.